The maximum absolute atomic E-state index is 13.3. The summed E-state index contributed by atoms with van der Waals surface area (Å²) in [6, 6.07) is 0.465. The van der Waals surface area contributed by atoms with Crippen LogP contribution in [0.5, 0.6) is 0 Å². The fourth-order valence-electron chi connectivity index (χ4n) is 4.62. The second-order valence-electron chi connectivity index (χ2n) is 7.38. The van der Waals surface area contributed by atoms with E-state index in [0.29, 0.717) is 6.04 Å². The van der Waals surface area contributed by atoms with Gasteiger partial charge in [-0.3, -0.25) is 9.48 Å². The van der Waals surface area contributed by atoms with E-state index < -0.39 is 0 Å². The van der Waals surface area contributed by atoms with Gasteiger partial charge in [0.25, 0.3) is 5.91 Å². The van der Waals surface area contributed by atoms with Crippen LogP contribution < -0.4 is 0 Å². The molecule has 1 aliphatic carbocycles. The summed E-state index contributed by atoms with van der Waals surface area (Å²) in [5, 5.41) is 4.61. The van der Waals surface area contributed by atoms with Gasteiger partial charge in [0.1, 0.15) is 0 Å². The molecular weight excluding hydrogens is 286 g/mol. The van der Waals surface area contributed by atoms with E-state index in [9.17, 15) is 4.79 Å². The van der Waals surface area contributed by atoms with E-state index in [1.54, 1.807) is 0 Å². The Labute approximate surface area is 140 Å². The monoisotopic (exact) mass is 317 g/mol. The van der Waals surface area contributed by atoms with Crippen molar-refractivity contribution in [1.82, 2.24) is 14.7 Å². The van der Waals surface area contributed by atoms with E-state index in [1.165, 1.54) is 38.5 Å². The molecule has 0 unspecified atom stereocenters. The molecule has 128 valence electrons. The predicted octanol–water partition coefficient (Wildman–Crippen LogP) is 4.09. The molecule has 1 aromatic heterocycles. The number of hydrogen-bond donors (Lipinski definition) is 0. The summed E-state index contributed by atoms with van der Waals surface area (Å²) < 4.78 is 2.01. The molecule has 2 aliphatic rings. The van der Waals surface area contributed by atoms with E-state index in [1.807, 2.05) is 11.6 Å². The first kappa shape index (κ1) is 16.5. The second-order valence-corrected chi connectivity index (χ2v) is 7.38. The third-order valence-corrected chi connectivity index (χ3v) is 5.78. The Bertz CT molecular complexity index is 563. The molecule has 1 aliphatic heterocycles. The summed E-state index contributed by atoms with van der Waals surface area (Å²) in [6.45, 7) is 8.02. The molecule has 1 aromatic rings. The van der Waals surface area contributed by atoms with Gasteiger partial charge in [0, 0.05) is 24.8 Å². The van der Waals surface area contributed by atoms with Crippen molar-refractivity contribution in [3.8, 4) is 0 Å². The van der Waals surface area contributed by atoms with Gasteiger partial charge in [-0.25, -0.2) is 0 Å². The van der Waals surface area contributed by atoms with Gasteiger partial charge >= 0.3 is 0 Å². The van der Waals surface area contributed by atoms with Crippen LogP contribution in [0, 0.1) is 19.8 Å². The minimum Gasteiger partial charge on any atom is -0.335 e. The second kappa shape index (κ2) is 7.06. The molecule has 4 nitrogen and oxygen atoms in total. The smallest absolute Gasteiger partial charge is 0.257 e. The fourth-order valence-corrected chi connectivity index (χ4v) is 4.62. The Morgan fingerprint density at radius 1 is 1.13 bits per heavy atom. The zero-order chi connectivity index (χ0) is 16.4. The van der Waals surface area contributed by atoms with Gasteiger partial charge in [-0.05, 0) is 51.9 Å². The first-order valence-electron chi connectivity index (χ1n) is 9.48. The average Bonchev–Trinajstić information content (AvgIpc) is 2.73. The Balaban J connectivity index is 1.89. The van der Waals surface area contributed by atoms with E-state index in [4.69, 9.17) is 0 Å². The molecule has 1 amide bonds. The highest BCUT2D eigenvalue weighted by Gasteiger charge is 2.36. The quantitative estimate of drug-likeness (QED) is 0.842. The molecular formula is C19H31N3O. The number of aromatic nitrogens is 2. The maximum Gasteiger partial charge on any atom is 0.257 e. The fraction of sp³-hybridized carbons (Fsp3) is 0.789. The Morgan fingerprint density at radius 2 is 1.83 bits per heavy atom. The van der Waals surface area contributed by atoms with Crippen LogP contribution in [0.2, 0.25) is 0 Å². The number of carbonyl (C=O) groups is 1. The van der Waals surface area contributed by atoms with Crippen LogP contribution >= 0.6 is 0 Å². The Hall–Kier alpha value is -1.32. The van der Waals surface area contributed by atoms with Crippen molar-refractivity contribution in [3.63, 3.8) is 0 Å². The first-order chi connectivity index (χ1) is 11.1. The SMILES string of the molecule is CCCn1nc(C)c(C(=O)N2CCCC[C@@H]3CCCC[C@@H]32)c1C. The molecule has 0 aromatic carbocycles. The number of fused-ring (bicyclic) bond motifs is 1. The van der Waals surface area contributed by atoms with Crippen LogP contribution in [0.25, 0.3) is 0 Å². The minimum absolute atomic E-state index is 0.237. The van der Waals surface area contributed by atoms with Crippen molar-refractivity contribution in [3.05, 3.63) is 17.0 Å². The van der Waals surface area contributed by atoms with E-state index >= 15 is 0 Å². The number of hydrogen-bond acceptors (Lipinski definition) is 2. The van der Waals surface area contributed by atoms with Crippen LogP contribution in [-0.2, 0) is 6.54 Å². The lowest BCUT2D eigenvalue weighted by molar-refractivity contribution is 0.0567. The number of amides is 1. The molecule has 0 N–H and O–H groups in total. The first-order valence-corrected chi connectivity index (χ1v) is 9.48. The minimum atomic E-state index is 0.237. The summed E-state index contributed by atoms with van der Waals surface area (Å²) in [5.41, 5.74) is 2.81. The van der Waals surface area contributed by atoms with Gasteiger partial charge in [0.05, 0.1) is 11.3 Å². The molecule has 23 heavy (non-hydrogen) atoms. The molecule has 2 heterocycles. The molecule has 0 spiro atoms. The molecule has 0 bridgehead atoms. The average molecular weight is 317 g/mol. The number of nitrogens with zero attached hydrogens (tertiary/aromatic N) is 3. The van der Waals surface area contributed by atoms with Gasteiger partial charge in [0.2, 0.25) is 0 Å². The van der Waals surface area contributed by atoms with E-state index in [0.717, 1.165) is 48.8 Å². The van der Waals surface area contributed by atoms with Crippen LogP contribution in [-0.4, -0.2) is 33.2 Å². The highest BCUT2D eigenvalue weighted by atomic mass is 16.2. The zero-order valence-electron chi connectivity index (χ0n) is 15.0. The number of aryl methyl sites for hydroxylation is 2. The molecule has 1 saturated carbocycles. The highest BCUT2D eigenvalue weighted by molar-refractivity contribution is 5.96. The third-order valence-electron chi connectivity index (χ3n) is 5.78. The number of carbonyl (C=O) groups excluding carboxylic acids is 1. The van der Waals surface area contributed by atoms with E-state index in [-0.39, 0.29) is 5.91 Å². The largest absolute Gasteiger partial charge is 0.335 e. The summed E-state index contributed by atoms with van der Waals surface area (Å²) in [6.07, 6.45) is 9.90. The van der Waals surface area contributed by atoms with Crippen LogP contribution in [0.4, 0.5) is 0 Å². The third kappa shape index (κ3) is 3.17. The van der Waals surface area contributed by atoms with Crippen LogP contribution in [0.3, 0.4) is 0 Å². The number of likely N-dealkylation sites (tertiary alicyclic amines) is 1. The van der Waals surface area contributed by atoms with E-state index in [2.05, 4.69) is 23.8 Å². The van der Waals surface area contributed by atoms with Crippen molar-refractivity contribution >= 4 is 5.91 Å². The van der Waals surface area contributed by atoms with Gasteiger partial charge in [-0.2, -0.15) is 5.10 Å². The molecule has 4 heteroatoms. The maximum atomic E-state index is 13.3. The van der Waals surface area contributed by atoms with Crippen LogP contribution in [0.15, 0.2) is 0 Å². The van der Waals surface area contributed by atoms with Gasteiger partial charge in [-0.1, -0.05) is 26.2 Å². The Kier molecular flexibility index (Phi) is 5.08. The predicted molar refractivity (Wildman–Crippen MR) is 92.6 cm³/mol. The normalized spacial score (nSPS) is 25.1. The summed E-state index contributed by atoms with van der Waals surface area (Å²) in [7, 11) is 0. The summed E-state index contributed by atoms with van der Waals surface area (Å²) >= 11 is 0. The number of rotatable bonds is 3. The zero-order valence-corrected chi connectivity index (χ0v) is 15.0. The molecule has 2 fully saturated rings. The molecule has 3 rings (SSSR count). The van der Waals surface area contributed by atoms with Gasteiger partial charge in [0.15, 0.2) is 0 Å². The molecule has 0 radical (unpaired) electrons. The lowest BCUT2D eigenvalue weighted by Gasteiger charge is -2.38. The summed E-state index contributed by atoms with van der Waals surface area (Å²) in [4.78, 5) is 15.6. The van der Waals surface area contributed by atoms with Crippen molar-refractivity contribution < 1.29 is 4.79 Å². The standard InChI is InChI=1S/C19H31N3O/c1-4-12-22-15(3)18(14(2)20-22)19(23)21-13-8-7-10-16-9-5-6-11-17(16)21/h16-17H,4-13H2,1-3H3/t16-,17-/m0/s1. The van der Waals surface area contributed by atoms with Crippen molar-refractivity contribution in [1.29, 1.82) is 0 Å². The van der Waals surface area contributed by atoms with Gasteiger partial charge < -0.3 is 4.90 Å². The van der Waals surface area contributed by atoms with Crippen molar-refractivity contribution in [2.75, 3.05) is 6.54 Å². The lowest BCUT2D eigenvalue weighted by Crippen LogP contribution is -2.45. The summed E-state index contributed by atoms with van der Waals surface area (Å²) in [5.74, 6) is 0.961. The van der Waals surface area contributed by atoms with Gasteiger partial charge in [-0.15, -0.1) is 0 Å². The highest BCUT2D eigenvalue weighted by Crippen LogP contribution is 2.35. The van der Waals surface area contributed by atoms with Crippen molar-refractivity contribution in [2.24, 2.45) is 5.92 Å². The molecule has 2 atom stereocenters. The van der Waals surface area contributed by atoms with Crippen molar-refractivity contribution in [2.45, 2.75) is 84.7 Å². The Morgan fingerprint density at radius 3 is 2.57 bits per heavy atom. The van der Waals surface area contributed by atoms with Crippen LogP contribution in [0.1, 0.15) is 80.0 Å². The molecule has 1 saturated heterocycles. The lowest BCUT2D eigenvalue weighted by atomic mass is 9.81. The topological polar surface area (TPSA) is 38.1 Å².